The van der Waals surface area contributed by atoms with Gasteiger partial charge in [0.2, 0.25) is 5.75 Å². The van der Waals surface area contributed by atoms with Crippen molar-refractivity contribution in [3.8, 4) is 17.2 Å². The second kappa shape index (κ2) is 9.77. The molecule has 2 atom stereocenters. The van der Waals surface area contributed by atoms with Crippen LogP contribution in [0.3, 0.4) is 0 Å². The number of fused-ring (bicyclic) bond motifs is 2. The van der Waals surface area contributed by atoms with Crippen LogP contribution in [-0.4, -0.2) is 57.6 Å². The molecule has 0 spiro atoms. The van der Waals surface area contributed by atoms with Gasteiger partial charge in [0.15, 0.2) is 11.5 Å². The lowest BCUT2D eigenvalue weighted by Gasteiger charge is -2.28. The lowest BCUT2D eigenvalue weighted by atomic mass is 10.0. The molecule has 9 heteroatoms. The van der Waals surface area contributed by atoms with Gasteiger partial charge < -0.3 is 41.8 Å². The molecule has 2 bridgehead atoms. The van der Waals surface area contributed by atoms with Crippen LogP contribution < -0.4 is 31.5 Å². The summed E-state index contributed by atoms with van der Waals surface area (Å²) in [6, 6.07) is 4.31. The Bertz CT molecular complexity index is 655. The Kier molecular flexibility index (Phi) is 8.33. The van der Waals surface area contributed by atoms with Crippen molar-refractivity contribution < 1.29 is 46.6 Å². The summed E-state index contributed by atoms with van der Waals surface area (Å²) in [6.45, 7) is 0. The highest BCUT2D eigenvalue weighted by molar-refractivity contribution is 5.92. The predicted octanol–water partition coefficient (Wildman–Crippen LogP) is -2.76. The van der Waals surface area contributed by atoms with E-state index in [0.29, 0.717) is 34.9 Å². The standard InChI is InChI=1S/C18H24N2O5.ClH.H2O/c1-20-13-5-6-14(20)10-12(9-13)19-25-18(21)11-7-15(22-2)17(24-4)16(8-11)23-3;;/h7-8,13-14H,5-6,9-10H2,1-4H3;1H;1H2. The van der Waals surface area contributed by atoms with Crippen LogP contribution in [0, 0.1) is 0 Å². The summed E-state index contributed by atoms with van der Waals surface area (Å²) >= 11 is 0. The van der Waals surface area contributed by atoms with E-state index >= 15 is 0 Å². The number of ether oxygens (including phenoxy) is 3. The highest BCUT2D eigenvalue weighted by Gasteiger charge is 2.41. The molecule has 152 valence electrons. The van der Waals surface area contributed by atoms with Gasteiger partial charge in [-0.1, -0.05) is 5.16 Å². The molecule has 2 aliphatic rings. The van der Waals surface area contributed by atoms with E-state index < -0.39 is 5.97 Å². The number of hydrogen-bond acceptors (Lipinski definition) is 6. The van der Waals surface area contributed by atoms with E-state index in [4.69, 9.17) is 19.0 Å². The molecular formula is C18H27ClN2O6. The Balaban J connectivity index is 0.00000182. The van der Waals surface area contributed by atoms with Crippen molar-refractivity contribution in [2.75, 3.05) is 28.4 Å². The number of halogens is 1. The van der Waals surface area contributed by atoms with Gasteiger partial charge in [-0.15, -0.1) is 0 Å². The minimum atomic E-state index is -0.537. The number of nitrogens with zero attached hydrogens (tertiary/aromatic N) is 1. The van der Waals surface area contributed by atoms with E-state index in [-0.39, 0.29) is 17.9 Å². The first-order valence-electron chi connectivity index (χ1n) is 8.47. The Morgan fingerprint density at radius 2 is 1.56 bits per heavy atom. The molecule has 1 aromatic carbocycles. The average molecular weight is 403 g/mol. The lowest BCUT2D eigenvalue weighted by Crippen LogP contribution is -3.15. The van der Waals surface area contributed by atoms with Crippen LogP contribution in [0.4, 0.5) is 0 Å². The summed E-state index contributed by atoms with van der Waals surface area (Å²) < 4.78 is 15.8. The second-order valence-corrected chi connectivity index (χ2v) is 6.57. The van der Waals surface area contributed by atoms with Crippen molar-refractivity contribution in [2.24, 2.45) is 5.16 Å². The van der Waals surface area contributed by atoms with Gasteiger partial charge in [-0.05, 0) is 12.1 Å². The number of carbonyl (C=O) groups is 1. The lowest BCUT2D eigenvalue weighted by molar-refractivity contribution is -0.917. The SMILES string of the molecule is COc1cc(C(=O)ON=C2CC3CCC(C2)[NH+]3C)cc(OC)c1OC.O.[Cl-]. The molecule has 27 heavy (non-hydrogen) atoms. The number of methoxy groups -OCH3 is 3. The number of carbonyl (C=O) groups excluding carboxylic acids is 1. The van der Waals surface area contributed by atoms with Crippen LogP contribution in [0.2, 0.25) is 0 Å². The zero-order chi connectivity index (χ0) is 18.0. The summed E-state index contributed by atoms with van der Waals surface area (Å²) in [6.07, 6.45) is 4.22. The summed E-state index contributed by atoms with van der Waals surface area (Å²) in [4.78, 5) is 19.1. The molecule has 0 radical (unpaired) electrons. The van der Waals surface area contributed by atoms with Crippen molar-refractivity contribution in [1.29, 1.82) is 0 Å². The van der Waals surface area contributed by atoms with Gasteiger partial charge >= 0.3 is 5.97 Å². The minimum absolute atomic E-state index is 0. The molecule has 3 N–H and O–H groups in total. The molecule has 0 aromatic heterocycles. The van der Waals surface area contributed by atoms with Crippen LogP contribution in [0.25, 0.3) is 0 Å². The average Bonchev–Trinajstić information content (AvgIpc) is 2.85. The number of hydrogen-bond donors (Lipinski definition) is 1. The van der Waals surface area contributed by atoms with Gasteiger partial charge in [0.05, 0.1) is 51.7 Å². The van der Waals surface area contributed by atoms with Crippen LogP contribution >= 0.6 is 0 Å². The number of rotatable bonds is 5. The molecule has 2 saturated heterocycles. The van der Waals surface area contributed by atoms with Gasteiger partial charge in [0, 0.05) is 25.7 Å². The first-order valence-corrected chi connectivity index (χ1v) is 8.47. The number of oxime groups is 1. The van der Waals surface area contributed by atoms with Crippen LogP contribution in [0.1, 0.15) is 36.0 Å². The van der Waals surface area contributed by atoms with E-state index in [9.17, 15) is 4.79 Å². The van der Waals surface area contributed by atoms with Gasteiger partial charge in [-0.3, -0.25) is 0 Å². The molecule has 3 rings (SSSR count). The molecule has 1 aromatic rings. The Morgan fingerprint density at radius 1 is 1.04 bits per heavy atom. The largest absolute Gasteiger partial charge is 1.00 e. The third-order valence-electron chi connectivity index (χ3n) is 5.27. The fraction of sp³-hybridized carbons (Fsp3) is 0.556. The van der Waals surface area contributed by atoms with Crippen molar-refractivity contribution in [1.82, 2.24) is 0 Å². The minimum Gasteiger partial charge on any atom is -1.00 e. The quantitative estimate of drug-likeness (QED) is 0.425. The molecular weight excluding hydrogens is 376 g/mol. The first-order chi connectivity index (χ1) is 12.1. The molecule has 0 aliphatic carbocycles. The Hall–Kier alpha value is -2.03. The Labute approximate surface area is 165 Å². The number of piperidine rings is 1. The fourth-order valence-electron chi connectivity index (χ4n) is 3.80. The third-order valence-corrected chi connectivity index (χ3v) is 5.27. The Morgan fingerprint density at radius 3 is 2.00 bits per heavy atom. The summed E-state index contributed by atoms with van der Waals surface area (Å²) in [7, 11) is 6.76. The molecule has 2 unspecified atom stereocenters. The number of benzene rings is 1. The summed E-state index contributed by atoms with van der Waals surface area (Å²) in [5, 5.41) is 4.13. The third kappa shape index (κ3) is 4.63. The smallest absolute Gasteiger partial charge is 0.365 e. The van der Waals surface area contributed by atoms with E-state index in [1.54, 1.807) is 17.0 Å². The molecule has 2 heterocycles. The monoisotopic (exact) mass is 402 g/mol. The van der Waals surface area contributed by atoms with Crippen LogP contribution in [0.5, 0.6) is 17.2 Å². The van der Waals surface area contributed by atoms with E-state index in [0.717, 1.165) is 18.6 Å². The van der Waals surface area contributed by atoms with E-state index in [1.807, 2.05) is 0 Å². The summed E-state index contributed by atoms with van der Waals surface area (Å²) in [5.41, 5.74) is 1.28. The molecule has 0 saturated carbocycles. The van der Waals surface area contributed by atoms with Gasteiger partial charge in [-0.25, -0.2) is 4.79 Å². The molecule has 2 aliphatic heterocycles. The highest BCUT2D eigenvalue weighted by Crippen LogP contribution is 2.38. The van der Waals surface area contributed by atoms with Gasteiger partial charge in [-0.2, -0.15) is 0 Å². The fourth-order valence-corrected chi connectivity index (χ4v) is 3.80. The van der Waals surface area contributed by atoms with Crippen molar-refractivity contribution in [3.05, 3.63) is 17.7 Å². The van der Waals surface area contributed by atoms with Gasteiger partial charge in [0.25, 0.3) is 0 Å². The number of quaternary nitrogens is 1. The van der Waals surface area contributed by atoms with Crippen molar-refractivity contribution in [2.45, 2.75) is 37.8 Å². The van der Waals surface area contributed by atoms with E-state index in [1.165, 1.54) is 34.2 Å². The predicted molar refractivity (Wildman–Crippen MR) is 95.5 cm³/mol. The first kappa shape index (κ1) is 23.0. The topological polar surface area (TPSA) is 102 Å². The maximum atomic E-state index is 12.4. The molecule has 8 nitrogen and oxygen atoms in total. The van der Waals surface area contributed by atoms with E-state index in [2.05, 4.69) is 12.2 Å². The maximum absolute atomic E-state index is 12.4. The van der Waals surface area contributed by atoms with Crippen LogP contribution in [0.15, 0.2) is 17.3 Å². The zero-order valence-electron chi connectivity index (χ0n) is 16.0. The van der Waals surface area contributed by atoms with Crippen LogP contribution in [-0.2, 0) is 4.84 Å². The molecule has 0 amide bonds. The zero-order valence-corrected chi connectivity index (χ0v) is 16.8. The number of nitrogens with one attached hydrogen (secondary N) is 1. The highest BCUT2D eigenvalue weighted by atomic mass is 35.5. The van der Waals surface area contributed by atoms with Crippen molar-refractivity contribution in [3.63, 3.8) is 0 Å². The normalized spacial score (nSPS) is 22.8. The van der Waals surface area contributed by atoms with Gasteiger partial charge in [0.1, 0.15) is 0 Å². The molecule has 2 fully saturated rings. The van der Waals surface area contributed by atoms with Crippen molar-refractivity contribution >= 4 is 11.7 Å². The second-order valence-electron chi connectivity index (χ2n) is 6.57. The maximum Gasteiger partial charge on any atom is 0.365 e. The summed E-state index contributed by atoms with van der Waals surface area (Å²) in [5.74, 6) is 0.706.